The van der Waals surface area contributed by atoms with Gasteiger partial charge in [-0.25, -0.2) is 8.78 Å². The summed E-state index contributed by atoms with van der Waals surface area (Å²) in [5.74, 6) is -1.10. The van der Waals surface area contributed by atoms with Crippen LogP contribution in [0.2, 0.25) is 0 Å². The number of hydrogen-bond donors (Lipinski definition) is 1. The summed E-state index contributed by atoms with van der Waals surface area (Å²) in [7, 11) is 0. The summed E-state index contributed by atoms with van der Waals surface area (Å²) in [6.45, 7) is 2.63. The number of thiazole rings is 1. The Morgan fingerprint density at radius 1 is 1.41 bits per heavy atom. The van der Waals surface area contributed by atoms with Crippen LogP contribution in [-0.4, -0.2) is 11.5 Å². The van der Waals surface area contributed by atoms with Gasteiger partial charge in [0, 0.05) is 22.7 Å². The number of benzene rings is 1. The van der Waals surface area contributed by atoms with Crippen molar-refractivity contribution in [3.8, 4) is 0 Å². The number of rotatable bonds is 4. The first-order valence-corrected chi connectivity index (χ1v) is 6.17. The topological polar surface area (TPSA) is 24.9 Å². The molecule has 0 bridgehead atoms. The fourth-order valence-corrected chi connectivity index (χ4v) is 2.38. The van der Waals surface area contributed by atoms with E-state index in [-0.39, 0.29) is 6.04 Å². The zero-order valence-corrected chi connectivity index (χ0v) is 10.1. The third-order valence-corrected chi connectivity index (χ3v) is 3.26. The Bertz CT molecular complexity index is 485. The molecule has 90 valence electrons. The Morgan fingerprint density at radius 2 is 2.24 bits per heavy atom. The van der Waals surface area contributed by atoms with E-state index in [4.69, 9.17) is 0 Å². The zero-order valence-electron chi connectivity index (χ0n) is 9.28. The molecule has 5 heteroatoms. The highest BCUT2D eigenvalue weighted by Gasteiger charge is 2.18. The van der Waals surface area contributed by atoms with Gasteiger partial charge in [0.2, 0.25) is 0 Å². The van der Waals surface area contributed by atoms with Crippen molar-refractivity contribution in [2.24, 2.45) is 0 Å². The van der Waals surface area contributed by atoms with Crippen LogP contribution in [0.15, 0.2) is 29.9 Å². The molecule has 0 amide bonds. The Hall–Kier alpha value is -1.33. The van der Waals surface area contributed by atoms with Crippen LogP contribution in [0.4, 0.5) is 8.78 Å². The monoisotopic (exact) mass is 254 g/mol. The minimum atomic E-state index is -0.564. The Kier molecular flexibility index (Phi) is 3.81. The molecule has 0 spiro atoms. The molecular weight excluding hydrogens is 242 g/mol. The highest BCUT2D eigenvalue weighted by atomic mass is 32.1. The molecule has 0 saturated heterocycles. The lowest BCUT2D eigenvalue weighted by atomic mass is 10.1. The quantitative estimate of drug-likeness (QED) is 0.906. The van der Waals surface area contributed by atoms with Crippen LogP contribution in [0.1, 0.15) is 23.4 Å². The average Bonchev–Trinajstić information content (AvgIpc) is 2.80. The molecule has 2 rings (SSSR count). The second-order valence-corrected chi connectivity index (χ2v) is 4.48. The molecule has 1 heterocycles. The lowest BCUT2D eigenvalue weighted by Gasteiger charge is -2.17. The lowest BCUT2D eigenvalue weighted by Crippen LogP contribution is -2.22. The van der Waals surface area contributed by atoms with Crippen molar-refractivity contribution >= 4 is 11.3 Å². The van der Waals surface area contributed by atoms with E-state index >= 15 is 0 Å². The van der Waals surface area contributed by atoms with E-state index in [0.717, 1.165) is 10.9 Å². The maximum atomic E-state index is 13.7. The molecule has 0 radical (unpaired) electrons. The molecule has 1 aromatic carbocycles. The summed E-state index contributed by atoms with van der Waals surface area (Å²) in [5, 5.41) is 3.17. The number of nitrogens with zero attached hydrogens (tertiary/aromatic N) is 1. The summed E-state index contributed by atoms with van der Waals surface area (Å²) < 4.78 is 26.6. The van der Waals surface area contributed by atoms with Crippen molar-refractivity contribution in [1.29, 1.82) is 0 Å². The van der Waals surface area contributed by atoms with Crippen LogP contribution < -0.4 is 5.32 Å². The molecule has 1 aromatic heterocycles. The van der Waals surface area contributed by atoms with E-state index in [9.17, 15) is 8.78 Å². The van der Waals surface area contributed by atoms with Crippen molar-refractivity contribution in [3.63, 3.8) is 0 Å². The summed E-state index contributed by atoms with van der Waals surface area (Å²) in [4.78, 5) is 4.89. The number of nitrogens with one attached hydrogen (secondary N) is 1. The van der Waals surface area contributed by atoms with Crippen molar-refractivity contribution in [2.75, 3.05) is 6.54 Å². The van der Waals surface area contributed by atoms with Gasteiger partial charge in [-0.2, -0.15) is 0 Å². The van der Waals surface area contributed by atoms with Crippen LogP contribution in [-0.2, 0) is 0 Å². The van der Waals surface area contributed by atoms with Crippen LogP contribution in [0.25, 0.3) is 0 Å². The predicted octanol–water partition coefficient (Wildman–Crippen LogP) is 3.12. The molecule has 0 aliphatic carbocycles. The fraction of sp³-hybridized carbons (Fsp3) is 0.250. The molecule has 0 aliphatic heterocycles. The number of hydrogen-bond acceptors (Lipinski definition) is 3. The molecule has 0 saturated carbocycles. The first kappa shape index (κ1) is 12.1. The molecule has 2 nitrogen and oxygen atoms in total. The molecule has 17 heavy (non-hydrogen) atoms. The van der Waals surface area contributed by atoms with Gasteiger partial charge in [0.05, 0.1) is 11.6 Å². The third-order valence-electron chi connectivity index (χ3n) is 2.42. The van der Waals surface area contributed by atoms with Crippen LogP contribution >= 0.6 is 11.3 Å². The zero-order chi connectivity index (χ0) is 12.3. The second-order valence-electron chi connectivity index (χ2n) is 3.56. The highest BCUT2D eigenvalue weighted by Crippen LogP contribution is 2.27. The first-order valence-electron chi connectivity index (χ1n) is 5.29. The normalized spacial score (nSPS) is 12.6. The van der Waals surface area contributed by atoms with Gasteiger partial charge in [0.1, 0.15) is 11.6 Å². The van der Waals surface area contributed by atoms with Gasteiger partial charge in [-0.1, -0.05) is 13.0 Å². The Morgan fingerprint density at radius 3 is 2.82 bits per heavy atom. The summed E-state index contributed by atoms with van der Waals surface area (Å²) >= 11 is 1.44. The van der Waals surface area contributed by atoms with E-state index in [2.05, 4.69) is 10.3 Å². The highest BCUT2D eigenvalue weighted by molar-refractivity contribution is 7.09. The molecule has 1 unspecified atom stereocenters. The van der Waals surface area contributed by atoms with E-state index in [0.29, 0.717) is 12.1 Å². The van der Waals surface area contributed by atoms with E-state index in [1.807, 2.05) is 6.92 Å². The van der Waals surface area contributed by atoms with E-state index in [1.165, 1.54) is 23.5 Å². The summed E-state index contributed by atoms with van der Waals surface area (Å²) in [6, 6.07) is 3.37. The van der Waals surface area contributed by atoms with Gasteiger partial charge in [0.25, 0.3) is 0 Å². The molecule has 0 fully saturated rings. The maximum absolute atomic E-state index is 13.7. The minimum Gasteiger partial charge on any atom is -0.306 e. The Labute approximate surface area is 102 Å². The average molecular weight is 254 g/mol. The first-order chi connectivity index (χ1) is 8.22. The SMILES string of the molecule is CCNC(c1cncs1)c1ccc(F)cc1F. The number of aromatic nitrogens is 1. The van der Waals surface area contributed by atoms with Gasteiger partial charge in [-0.05, 0) is 12.6 Å². The largest absolute Gasteiger partial charge is 0.306 e. The predicted molar refractivity (Wildman–Crippen MR) is 64.0 cm³/mol. The van der Waals surface area contributed by atoms with Gasteiger partial charge in [0.15, 0.2) is 0 Å². The van der Waals surface area contributed by atoms with E-state index < -0.39 is 11.6 Å². The maximum Gasteiger partial charge on any atom is 0.131 e. The summed E-state index contributed by atoms with van der Waals surface area (Å²) in [6.07, 6.45) is 1.70. The van der Waals surface area contributed by atoms with Crippen LogP contribution in [0.3, 0.4) is 0 Å². The van der Waals surface area contributed by atoms with Crippen LogP contribution in [0, 0.1) is 11.6 Å². The van der Waals surface area contributed by atoms with Crippen LogP contribution in [0.5, 0.6) is 0 Å². The minimum absolute atomic E-state index is 0.270. The summed E-state index contributed by atoms with van der Waals surface area (Å²) in [5.41, 5.74) is 2.14. The molecule has 1 N–H and O–H groups in total. The second kappa shape index (κ2) is 5.33. The number of halogens is 2. The van der Waals surface area contributed by atoms with Gasteiger partial charge < -0.3 is 5.32 Å². The van der Waals surface area contributed by atoms with Gasteiger partial charge in [-0.15, -0.1) is 11.3 Å². The van der Waals surface area contributed by atoms with Gasteiger partial charge >= 0.3 is 0 Å². The van der Waals surface area contributed by atoms with Crippen molar-refractivity contribution in [2.45, 2.75) is 13.0 Å². The lowest BCUT2D eigenvalue weighted by molar-refractivity contribution is 0.543. The standard InChI is InChI=1S/C12H12F2N2S/c1-2-16-12(11-6-15-7-17-11)9-4-3-8(13)5-10(9)14/h3-7,12,16H,2H2,1H3. The van der Waals surface area contributed by atoms with Crippen molar-refractivity contribution in [3.05, 3.63) is 52.0 Å². The van der Waals surface area contributed by atoms with Crippen molar-refractivity contribution < 1.29 is 8.78 Å². The smallest absolute Gasteiger partial charge is 0.131 e. The molecule has 0 aliphatic rings. The fourth-order valence-electron chi connectivity index (χ4n) is 1.67. The van der Waals surface area contributed by atoms with Crippen molar-refractivity contribution in [1.82, 2.24) is 10.3 Å². The third kappa shape index (κ3) is 2.68. The van der Waals surface area contributed by atoms with E-state index in [1.54, 1.807) is 11.7 Å². The molecule has 2 aromatic rings. The van der Waals surface area contributed by atoms with Gasteiger partial charge in [-0.3, -0.25) is 4.98 Å². The molecular formula is C12H12F2N2S. The Balaban J connectivity index is 2.39. The molecule has 1 atom stereocenters.